The van der Waals surface area contributed by atoms with Gasteiger partial charge < -0.3 is 9.80 Å². The van der Waals surface area contributed by atoms with Gasteiger partial charge in [-0.25, -0.2) is 4.99 Å². The molecule has 1 aliphatic heterocycles. The number of hydrogen-bond acceptors (Lipinski definition) is 4. The summed E-state index contributed by atoms with van der Waals surface area (Å²) >= 11 is 0. The first-order valence-corrected chi connectivity index (χ1v) is 10.1. The summed E-state index contributed by atoms with van der Waals surface area (Å²) in [6.45, 7) is 6.00. The number of hydrogen-bond donors (Lipinski definition) is 0. The van der Waals surface area contributed by atoms with Gasteiger partial charge in [0.2, 0.25) is 6.17 Å². The quantitative estimate of drug-likeness (QED) is 0.662. The van der Waals surface area contributed by atoms with Gasteiger partial charge in [-0.05, 0) is 38.5 Å². The molecule has 0 fully saturated rings. The number of likely N-dealkylation sites (N-methyl/N-ethyl adjacent to an activating group) is 2. The van der Waals surface area contributed by atoms with E-state index in [1.807, 2.05) is 100 Å². The second kappa shape index (κ2) is 7.75. The van der Waals surface area contributed by atoms with Crippen LogP contribution in [0.4, 0.5) is 11.4 Å². The van der Waals surface area contributed by atoms with E-state index < -0.39 is 6.17 Å². The molecule has 5 heteroatoms. The topological polar surface area (TPSA) is 48.8 Å². The Morgan fingerprint density at radius 3 is 2.37 bits per heavy atom. The Kier molecular flexibility index (Phi) is 5.12. The number of rotatable bonds is 3. The number of carbonyl (C=O) groups excluding carboxylic acids is 1. The highest BCUT2D eigenvalue weighted by Gasteiger charge is 2.33. The van der Waals surface area contributed by atoms with Gasteiger partial charge in [-0.1, -0.05) is 48.5 Å². The van der Waals surface area contributed by atoms with E-state index in [0.717, 1.165) is 45.2 Å². The molecule has 0 spiro atoms. The lowest BCUT2D eigenvalue weighted by Gasteiger charge is -2.30. The number of pyridine rings is 1. The summed E-state index contributed by atoms with van der Waals surface area (Å²) in [5.74, 6) is -0.0672. The zero-order chi connectivity index (χ0) is 21.4. The maximum absolute atomic E-state index is 13.5. The Labute approximate surface area is 177 Å². The fraction of sp³-hybridized carbons (Fsp3) is 0.240. The van der Waals surface area contributed by atoms with Crippen molar-refractivity contribution in [2.45, 2.75) is 26.9 Å². The minimum absolute atomic E-state index is 0.0672. The van der Waals surface area contributed by atoms with Crippen LogP contribution in [0.2, 0.25) is 0 Å². The van der Waals surface area contributed by atoms with Crippen LogP contribution in [0.15, 0.2) is 65.7 Å². The molecule has 0 saturated heterocycles. The van der Waals surface area contributed by atoms with Crippen molar-refractivity contribution >= 4 is 23.0 Å². The van der Waals surface area contributed by atoms with Crippen LogP contribution in [-0.2, 0) is 4.79 Å². The summed E-state index contributed by atoms with van der Waals surface area (Å²) in [6.07, 6.45) is -0.683. The first-order chi connectivity index (χ1) is 14.4. The van der Waals surface area contributed by atoms with Gasteiger partial charge in [0.15, 0.2) is 0 Å². The molecule has 5 nitrogen and oxygen atoms in total. The van der Waals surface area contributed by atoms with Crippen molar-refractivity contribution in [1.82, 2.24) is 4.98 Å². The number of carbonyl (C=O) groups is 1. The van der Waals surface area contributed by atoms with Gasteiger partial charge in [0, 0.05) is 42.3 Å². The standard InChI is InChI=1S/C25H26N4O/c1-16-15-22(17(2)18(3)26-16)28(4)24-25(30)29(5)21-14-10-9-13-20(21)23(27-24)19-11-7-6-8-12-19/h6-15,24H,1-5H3. The highest BCUT2D eigenvalue weighted by Crippen LogP contribution is 2.31. The second-order valence-corrected chi connectivity index (χ2v) is 7.74. The van der Waals surface area contributed by atoms with E-state index in [2.05, 4.69) is 4.98 Å². The van der Waals surface area contributed by atoms with Gasteiger partial charge in [0.25, 0.3) is 5.91 Å². The summed E-state index contributed by atoms with van der Waals surface area (Å²) in [7, 11) is 3.75. The normalized spacial score (nSPS) is 16.0. The van der Waals surface area contributed by atoms with Crippen LogP contribution in [0.5, 0.6) is 0 Å². The molecular weight excluding hydrogens is 372 g/mol. The minimum atomic E-state index is -0.683. The predicted octanol–water partition coefficient (Wildman–Crippen LogP) is 4.28. The molecule has 3 aromatic rings. The maximum Gasteiger partial charge on any atom is 0.272 e. The van der Waals surface area contributed by atoms with Crippen LogP contribution in [0.3, 0.4) is 0 Å². The first kappa shape index (κ1) is 19.8. The van der Waals surface area contributed by atoms with E-state index in [-0.39, 0.29) is 5.91 Å². The van der Waals surface area contributed by atoms with Crippen molar-refractivity contribution < 1.29 is 4.79 Å². The summed E-state index contributed by atoms with van der Waals surface area (Å²) in [5.41, 5.74) is 7.53. The predicted molar refractivity (Wildman–Crippen MR) is 123 cm³/mol. The zero-order valence-corrected chi connectivity index (χ0v) is 18.0. The lowest BCUT2D eigenvalue weighted by Crippen LogP contribution is -2.45. The number of anilines is 2. The summed E-state index contributed by atoms with van der Waals surface area (Å²) in [6, 6.07) is 20.0. The van der Waals surface area contributed by atoms with E-state index in [0.29, 0.717) is 0 Å². The van der Waals surface area contributed by atoms with Crippen molar-refractivity contribution in [3.8, 4) is 0 Å². The number of amides is 1. The van der Waals surface area contributed by atoms with Gasteiger partial charge in [-0.3, -0.25) is 9.78 Å². The molecule has 4 rings (SSSR count). The second-order valence-electron chi connectivity index (χ2n) is 7.74. The number of benzodiazepines with no additional fused rings is 1. The highest BCUT2D eigenvalue weighted by molar-refractivity contribution is 6.20. The fourth-order valence-electron chi connectivity index (χ4n) is 3.95. The molecule has 0 bridgehead atoms. The zero-order valence-electron chi connectivity index (χ0n) is 18.0. The van der Waals surface area contributed by atoms with Crippen LogP contribution >= 0.6 is 0 Å². The average molecular weight is 399 g/mol. The van der Waals surface area contributed by atoms with Crippen molar-refractivity contribution in [1.29, 1.82) is 0 Å². The Hall–Kier alpha value is -3.47. The molecular formula is C25H26N4O. The third-order valence-electron chi connectivity index (χ3n) is 5.73. The molecule has 1 amide bonds. The molecule has 0 aliphatic carbocycles. The minimum Gasteiger partial charge on any atom is -0.345 e. The van der Waals surface area contributed by atoms with E-state index in [9.17, 15) is 4.79 Å². The molecule has 1 atom stereocenters. The lowest BCUT2D eigenvalue weighted by molar-refractivity contribution is -0.119. The van der Waals surface area contributed by atoms with Crippen molar-refractivity contribution in [3.05, 3.63) is 88.7 Å². The van der Waals surface area contributed by atoms with Gasteiger partial charge in [-0.15, -0.1) is 0 Å². The molecule has 0 N–H and O–H groups in total. The SMILES string of the molecule is Cc1cc(N(C)C2N=C(c3ccccc3)c3ccccc3N(C)C2=O)c(C)c(C)n1. The van der Waals surface area contributed by atoms with Gasteiger partial charge in [0.05, 0.1) is 11.4 Å². The molecule has 30 heavy (non-hydrogen) atoms. The summed E-state index contributed by atoms with van der Waals surface area (Å²) in [4.78, 5) is 26.8. The van der Waals surface area contributed by atoms with E-state index in [1.54, 1.807) is 4.90 Å². The van der Waals surface area contributed by atoms with E-state index in [4.69, 9.17) is 4.99 Å². The van der Waals surface area contributed by atoms with Crippen LogP contribution < -0.4 is 9.80 Å². The van der Waals surface area contributed by atoms with Crippen LogP contribution in [0.1, 0.15) is 28.1 Å². The van der Waals surface area contributed by atoms with Crippen molar-refractivity contribution in [2.24, 2.45) is 4.99 Å². The number of aliphatic imine (C=N–C) groups is 1. The largest absolute Gasteiger partial charge is 0.345 e. The van der Waals surface area contributed by atoms with Gasteiger partial charge in [-0.2, -0.15) is 0 Å². The number of aryl methyl sites for hydroxylation is 2. The van der Waals surface area contributed by atoms with Crippen LogP contribution in [0, 0.1) is 20.8 Å². The van der Waals surface area contributed by atoms with Crippen molar-refractivity contribution in [2.75, 3.05) is 23.9 Å². The molecule has 1 aliphatic rings. The third kappa shape index (κ3) is 3.36. The first-order valence-electron chi connectivity index (χ1n) is 10.1. The smallest absolute Gasteiger partial charge is 0.272 e. The average Bonchev–Trinajstić information content (AvgIpc) is 2.86. The molecule has 0 radical (unpaired) electrons. The van der Waals surface area contributed by atoms with Crippen LogP contribution in [-0.4, -0.2) is 36.9 Å². The Morgan fingerprint density at radius 2 is 1.63 bits per heavy atom. The van der Waals surface area contributed by atoms with Crippen molar-refractivity contribution in [3.63, 3.8) is 0 Å². The molecule has 152 valence electrons. The monoisotopic (exact) mass is 398 g/mol. The number of aromatic nitrogens is 1. The summed E-state index contributed by atoms with van der Waals surface area (Å²) in [5, 5.41) is 0. The molecule has 1 aromatic heterocycles. The Bertz CT molecular complexity index is 1140. The highest BCUT2D eigenvalue weighted by atomic mass is 16.2. The number of benzene rings is 2. The fourth-order valence-corrected chi connectivity index (χ4v) is 3.95. The van der Waals surface area contributed by atoms with Gasteiger partial charge >= 0.3 is 0 Å². The molecule has 1 unspecified atom stereocenters. The van der Waals surface area contributed by atoms with E-state index in [1.165, 1.54) is 0 Å². The molecule has 2 aromatic carbocycles. The maximum atomic E-state index is 13.5. The number of para-hydroxylation sites is 1. The van der Waals surface area contributed by atoms with Crippen LogP contribution in [0.25, 0.3) is 0 Å². The Balaban J connectivity index is 1.91. The Morgan fingerprint density at radius 1 is 0.967 bits per heavy atom. The number of fused-ring (bicyclic) bond motifs is 1. The number of nitrogens with zero attached hydrogens (tertiary/aromatic N) is 4. The van der Waals surface area contributed by atoms with E-state index >= 15 is 0 Å². The molecule has 0 saturated carbocycles. The lowest BCUT2D eigenvalue weighted by atomic mass is 10.0. The molecule has 2 heterocycles. The summed E-state index contributed by atoms with van der Waals surface area (Å²) < 4.78 is 0. The van der Waals surface area contributed by atoms with Gasteiger partial charge in [0.1, 0.15) is 0 Å². The third-order valence-corrected chi connectivity index (χ3v) is 5.73.